The average Bonchev–Trinajstić information content (AvgIpc) is 3.35. The van der Waals surface area contributed by atoms with Gasteiger partial charge in [0.25, 0.3) is 11.8 Å². The smallest absolute Gasteiger partial charge is 0.339 e. The zero-order valence-electron chi connectivity index (χ0n) is 14.4. The number of benzene rings is 1. The van der Waals surface area contributed by atoms with Gasteiger partial charge in [0.1, 0.15) is 0 Å². The largest absolute Gasteiger partial charge is 0.459 e. The summed E-state index contributed by atoms with van der Waals surface area (Å²) >= 11 is 0. The standard InChI is InChI=1S/C20H16N2O5/c23-17(22-19(24)16-9-4-10-26-16)11-27-20(25)18-12-5-1-2-7-14(12)21-15-8-3-6-13(15)18/h1-2,4-5,7,9-10H,3,6,8,11H2,(H,22,23,24). The zero-order valence-corrected chi connectivity index (χ0v) is 14.4. The molecule has 2 aromatic heterocycles. The first-order chi connectivity index (χ1) is 13.1. The summed E-state index contributed by atoms with van der Waals surface area (Å²) < 4.78 is 10.1. The number of amides is 2. The van der Waals surface area contributed by atoms with E-state index >= 15 is 0 Å². The van der Waals surface area contributed by atoms with Crippen LogP contribution in [0, 0.1) is 0 Å². The summed E-state index contributed by atoms with van der Waals surface area (Å²) in [7, 11) is 0. The Labute approximate surface area is 154 Å². The van der Waals surface area contributed by atoms with Crippen molar-refractivity contribution in [3.63, 3.8) is 0 Å². The van der Waals surface area contributed by atoms with Crippen molar-refractivity contribution < 1.29 is 23.5 Å². The molecule has 0 saturated heterocycles. The molecular formula is C20H16N2O5. The van der Waals surface area contributed by atoms with Crippen molar-refractivity contribution >= 4 is 28.7 Å². The molecule has 2 heterocycles. The van der Waals surface area contributed by atoms with Crippen molar-refractivity contribution in [2.45, 2.75) is 19.3 Å². The minimum Gasteiger partial charge on any atom is -0.459 e. The van der Waals surface area contributed by atoms with Gasteiger partial charge in [-0.3, -0.25) is 19.9 Å². The van der Waals surface area contributed by atoms with Gasteiger partial charge in [-0.25, -0.2) is 4.79 Å². The fourth-order valence-corrected chi connectivity index (χ4v) is 3.28. The summed E-state index contributed by atoms with van der Waals surface area (Å²) in [6.45, 7) is -0.559. The summed E-state index contributed by atoms with van der Waals surface area (Å²) in [5.41, 5.74) is 2.96. The highest BCUT2D eigenvalue weighted by molar-refractivity contribution is 6.07. The van der Waals surface area contributed by atoms with E-state index in [1.54, 1.807) is 0 Å². The fourth-order valence-electron chi connectivity index (χ4n) is 3.28. The van der Waals surface area contributed by atoms with E-state index in [0.29, 0.717) is 10.9 Å². The second kappa shape index (κ2) is 7.03. The topological polar surface area (TPSA) is 98.5 Å². The van der Waals surface area contributed by atoms with E-state index in [4.69, 9.17) is 9.15 Å². The summed E-state index contributed by atoms with van der Waals surface area (Å²) in [6, 6.07) is 10.3. The number of nitrogens with zero attached hydrogens (tertiary/aromatic N) is 1. The third-order valence-electron chi connectivity index (χ3n) is 4.46. The highest BCUT2D eigenvalue weighted by atomic mass is 16.5. The Morgan fingerprint density at radius 2 is 1.96 bits per heavy atom. The molecule has 1 aliphatic carbocycles. The van der Waals surface area contributed by atoms with Gasteiger partial charge in [0.15, 0.2) is 12.4 Å². The van der Waals surface area contributed by atoms with Crippen molar-refractivity contribution in [2.75, 3.05) is 6.61 Å². The van der Waals surface area contributed by atoms with Crippen LogP contribution in [0.25, 0.3) is 10.9 Å². The van der Waals surface area contributed by atoms with Crippen LogP contribution in [-0.4, -0.2) is 29.4 Å². The molecule has 136 valence electrons. The van der Waals surface area contributed by atoms with E-state index in [-0.39, 0.29) is 5.76 Å². The number of rotatable bonds is 4. The van der Waals surface area contributed by atoms with Crippen LogP contribution >= 0.6 is 0 Å². The molecular weight excluding hydrogens is 348 g/mol. The van der Waals surface area contributed by atoms with E-state index in [1.807, 2.05) is 24.3 Å². The quantitative estimate of drug-likeness (QED) is 0.714. The van der Waals surface area contributed by atoms with Crippen LogP contribution in [-0.2, 0) is 22.4 Å². The normalized spacial score (nSPS) is 12.6. The number of esters is 1. The van der Waals surface area contributed by atoms with Crippen LogP contribution in [0.5, 0.6) is 0 Å². The molecule has 0 atom stereocenters. The highest BCUT2D eigenvalue weighted by Gasteiger charge is 2.25. The number of ether oxygens (including phenoxy) is 1. The van der Waals surface area contributed by atoms with Gasteiger partial charge in [-0.15, -0.1) is 0 Å². The van der Waals surface area contributed by atoms with Gasteiger partial charge in [-0.05, 0) is 43.0 Å². The maximum atomic E-state index is 12.7. The maximum Gasteiger partial charge on any atom is 0.339 e. The zero-order chi connectivity index (χ0) is 18.8. The van der Waals surface area contributed by atoms with Gasteiger partial charge in [-0.1, -0.05) is 18.2 Å². The number of carbonyl (C=O) groups is 3. The predicted octanol–water partition coefficient (Wildman–Crippen LogP) is 2.43. The number of aryl methyl sites for hydroxylation is 1. The van der Waals surface area contributed by atoms with Crippen LogP contribution in [0.2, 0.25) is 0 Å². The third kappa shape index (κ3) is 3.31. The third-order valence-corrected chi connectivity index (χ3v) is 4.46. The number of imide groups is 1. The average molecular weight is 364 g/mol. The lowest BCUT2D eigenvalue weighted by Crippen LogP contribution is -2.34. The summed E-state index contributed by atoms with van der Waals surface area (Å²) in [4.78, 5) is 41.0. The van der Waals surface area contributed by atoms with Gasteiger partial charge in [0.2, 0.25) is 0 Å². The lowest BCUT2D eigenvalue weighted by atomic mass is 10.0. The van der Waals surface area contributed by atoms with Crippen molar-refractivity contribution in [3.05, 3.63) is 65.2 Å². The Balaban J connectivity index is 1.50. The molecule has 1 N–H and O–H groups in total. The molecule has 1 aromatic carbocycles. The molecule has 0 aliphatic heterocycles. The van der Waals surface area contributed by atoms with E-state index < -0.39 is 24.4 Å². The Bertz CT molecular complexity index is 1040. The minimum atomic E-state index is -0.722. The van der Waals surface area contributed by atoms with Crippen LogP contribution in [0.4, 0.5) is 0 Å². The number of aromatic nitrogens is 1. The van der Waals surface area contributed by atoms with Crippen molar-refractivity contribution in [2.24, 2.45) is 0 Å². The molecule has 4 rings (SSSR count). The highest BCUT2D eigenvalue weighted by Crippen LogP contribution is 2.30. The van der Waals surface area contributed by atoms with Crippen molar-refractivity contribution in [1.29, 1.82) is 0 Å². The van der Waals surface area contributed by atoms with Crippen LogP contribution in [0.3, 0.4) is 0 Å². The molecule has 0 fully saturated rings. The fraction of sp³-hybridized carbons (Fsp3) is 0.200. The molecule has 2 amide bonds. The second-order valence-corrected chi connectivity index (χ2v) is 6.21. The summed E-state index contributed by atoms with van der Waals surface area (Å²) in [6.07, 6.45) is 3.82. The number of hydrogen-bond donors (Lipinski definition) is 1. The Hall–Kier alpha value is -3.48. The molecule has 0 bridgehead atoms. The lowest BCUT2D eigenvalue weighted by molar-refractivity contribution is -0.123. The maximum absolute atomic E-state index is 12.7. The molecule has 7 nitrogen and oxygen atoms in total. The van der Waals surface area contributed by atoms with E-state index in [1.165, 1.54) is 18.4 Å². The molecule has 0 spiro atoms. The SMILES string of the molecule is O=C(COC(=O)c1c2c(nc3ccccc13)CCC2)NC(=O)c1ccco1. The molecule has 7 heteroatoms. The molecule has 27 heavy (non-hydrogen) atoms. The molecule has 3 aromatic rings. The lowest BCUT2D eigenvalue weighted by Gasteiger charge is -2.12. The Morgan fingerprint density at radius 3 is 2.78 bits per heavy atom. The minimum absolute atomic E-state index is 0.00706. The Morgan fingerprint density at radius 1 is 1.11 bits per heavy atom. The van der Waals surface area contributed by atoms with Crippen molar-refractivity contribution in [1.82, 2.24) is 10.3 Å². The first-order valence-corrected chi connectivity index (χ1v) is 8.59. The monoisotopic (exact) mass is 364 g/mol. The van der Waals surface area contributed by atoms with E-state index in [0.717, 1.165) is 36.0 Å². The summed E-state index contributed by atoms with van der Waals surface area (Å²) in [5.74, 6) is -1.99. The number of furan rings is 1. The van der Waals surface area contributed by atoms with Crippen LogP contribution in [0.15, 0.2) is 47.1 Å². The molecule has 0 radical (unpaired) electrons. The first kappa shape index (κ1) is 17.0. The number of hydrogen-bond acceptors (Lipinski definition) is 6. The molecule has 0 saturated carbocycles. The van der Waals surface area contributed by atoms with Gasteiger partial charge in [0, 0.05) is 11.1 Å². The van der Waals surface area contributed by atoms with E-state index in [2.05, 4.69) is 10.3 Å². The van der Waals surface area contributed by atoms with Crippen LogP contribution < -0.4 is 5.32 Å². The predicted molar refractivity (Wildman–Crippen MR) is 95.2 cm³/mol. The second-order valence-electron chi connectivity index (χ2n) is 6.21. The van der Waals surface area contributed by atoms with Gasteiger partial charge >= 0.3 is 5.97 Å². The summed E-state index contributed by atoms with van der Waals surface area (Å²) in [5, 5.41) is 2.82. The number of pyridine rings is 1. The first-order valence-electron chi connectivity index (χ1n) is 8.59. The van der Waals surface area contributed by atoms with Gasteiger partial charge < -0.3 is 9.15 Å². The van der Waals surface area contributed by atoms with Gasteiger partial charge in [-0.2, -0.15) is 0 Å². The molecule has 1 aliphatic rings. The number of para-hydroxylation sites is 1. The molecule has 0 unspecified atom stereocenters. The van der Waals surface area contributed by atoms with Gasteiger partial charge in [0.05, 0.1) is 17.3 Å². The van der Waals surface area contributed by atoms with Crippen molar-refractivity contribution in [3.8, 4) is 0 Å². The Kier molecular flexibility index (Phi) is 4.42. The van der Waals surface area contributed by atoms with Crippen LogP contribution in [0.1, 0.15) is 38.6 Å². The number of fused-ring (bicyclic) bond motifs is 2. The van der Waals surface area contributed by atoms with E-state index in [9.17, 15) is 14.4 Å². The number of carbonyl (C=O) groups excluding carboxylic acids is 3. The number of nitrogens with one attached hydrogen (secondary N) is 1.